The molecule has 1 heterocycles. The summed E-state index contributed by atoms with van der Waals surface area (Å²) in [5.41, 5.74) is 1.17. The number of amides is 1. The van der Waals surface area contributed by atoms with Crippen LogP contribution in [0.3, 0.4) is 0 Å². The predicted octanol–water partition coefficient (Wildman–Crippen LogP) is 3.22. The van der Waals surface area contributed by atoms with Crippen molar-refractivity contribution in [1.29, 1.82) is 0 Å². The van der Waals surface area contributed by atoms with Crippen molar-refractivity contribution < 1.29 is 9.21 Å². The Balaban J connectivity index is 1.63. The first-order valence-corrected chi connectivity index (χ1v) is 6.21. The summed E-state index contributed by atoms with van der Waals surface area (Å²) in [6.45, 7) is 0. The molecule has 0 saturated heterocycles. The Morgan fingerprint density at radius 2 is 2.22 bits per heavy atom. The van der Waals surface area contributed by atoms with Gasteiger partial charge in [-0.1, -0.05) is 23.7 Å². The van der Waals surface area contributed by atoms with Crippen LogP contribution in [0.25, 0.3) is 0 Å². The molecule has 0 bridgehead atoms. The Kier molecular flexibility index (Phi) is 2.84. The summed E-state index contributed by atoms with van der Waals surface area (Å²) in [6, 6.07) is 11.3. The third-order valence-electron chi connectivity index (χ3n) is 3.13. The van der Waals surface area contributed by atoms with Crippen molar-refractivity contribution in [1.82, 2.24) is 5.32 Å². The van der Waals surface area contributed by atoms with Crippen LogP contribution in [0.2, 0.25) is 5.02 Å². The summed E-state index contributed by atoms with van der Waals surface area (Å²) < 4.78 is 5.05. The summed E-state index contributed by atoms with van der Waals surface area (Å²) in [5.74, 6) is 0.559. The normalized spacial score (nSPS) is 21.6. The van der Waals surface area contributed by atoms with E-state index in [0.717, 1.165) is 11.4 Å². The van der Waals surface area contributed by atoms with E-state index in [0.29, 0.717) is 11.7 Å². The van der Waals surface area contributed by atoms with Crippen molar-refractivity contribution in [3.63, 3.8) is 0 Å². The molecule has 1 aromatic heterocycles. The van der Waals surface area contributed by atoms with Gasteiger partial charge in [-0.2, -0.15) is 0 Å². The van der Waals surface area contributed by atoms with Gasteiger partial charge in [0, 0.05) is 17.0 Å². The fraction of sp³-hybridized carbons (Fsp3) is 0.214. The van der Waals surface area contributed by atoms with Gasteiger partial charge < -0.3 is 9.73 Å². The van der Waals surface area contributed by atoms with Crippen LogP contribution in [-0.4, -0.2) is 11.9 Å². The van der Waals surface area contributed by atoms with Crippen LogP contribution in [0.1, 0.15) is 28.5 Å². The first kappa shape index (κ1) is 11.4. The fourth-order valence-corrected chi connectivity index (χ4v) is 2.31. The van der Waals surface area contributed by atoms with E-state index in [1.54, 1.807) is 12.1 Å². The molecular weight excluding hydrogens is 250 g/mol. The second kappa shape index (κ2) is 4.50. The van der Waals surface area contributed by atoms with Gasteiger partial charge in [-0.15, -0.1) is 0 Å². The van der Waals surface area contributed by atoms with Crippen LogP contribution < -0.4 is 5.32 Å². The van der Waals surface area contributed by atoms with E-state index in [1.807, 2.05) is 24.3 Å². The van der Waals surface area contributed by atoms with Crippen LogP contribution in [-0.2, 0) is 0 Å². The second-order valence-electron chi connectivity index (χ2n) is 4.45. The summed E-state index contributed by atoms with van der Waals surface area (Å²) in [4.78, 5) is 11.8. The molecule has 3 rings (SSSR count). The van der Waals surface area contributed by atoms with Crippen molar-refractivity contribution in [3.8, 4) is 0 Å². The molecule has 0 aliphatic heterocycles. The number of nitrogens with one attached hydrogen (secondary N) is 1. The van der Waals surface area contributed by atoms with Gasteiger partial charge in [0.1, 0.15) is 0 Å². The second-order valence-corrected chi connectivity index (χ2v) is 4.89. The van der Waals surface area contributed by atoms with E-state index >= 15 is 0 Å². The number of halogens is 1. The molecule has 92 valence electrons. The smallest absolute Gasteiger partial charge is 0.287 e. The molecule has 18 heavy (non-hydrogen) atoms. The minimum Gasteiger partial charge on any atom is -0.459 e. The zero-order chi connectivity index (χ0) is 12.5. The summed E-state index contributed by atoms with van der Waals surface area (Å²) in [6.07, 6.45) is 2.45. The van der Waals surface area contributed by atoms with Crippen LogP contribution in [0.15, 0.2) is 47.1 Å². The monoisotopic (exact) mass is 261 g/mol. The molecule has 4 heteroatoms. The molecule has 3 nitrogen and oxygen atoms in total. The Morgan fingerprint density at radius 3 is 2.94 bits per heavy atom. The van der Waals surface area contributed by atoms with E-state index in [1.165, 1.54) is 11.8 Å². The van der Waals surface area contributed by atoms with E-state index in [4.69, 9.17) is 16.0 Å². The Morgan fingerprint density at radius 1 is 1.33 bits per heavy atom. The molecule has 1 aliphatic carbocycles. The van der Waals surface area contributed by atoms with Crippen LogP contribution in [0.5, 0.6) is 0 Å². The third kappa shape index (κ3) is 2.27. The van der Waals surface area contributed by atoms with Gasteiger partial charge in [-0.05, 0) is 36.2 Å². The number of rotatable bonds is 3. The van der Waals surface area contributed by atoms with Crippen molar-refractivity contribution in [2.45, 2.75) is 18.4 Å². The Hall–Kier alpha value is -1.74. The number of benzene rings is 1. The van der Waals surface area contributed by atoms with Crippen molar-refractivity contribution in [2.75, 3.05) is 0 Å². The summed E-state index contributed by atoms with van der Waals surface area (Å²) >= 11 is 5.95. The molecule has 2 atom stereocenters. The number of furan rings is 1. The molecule has 2 unspecified atom stereocenters. The van der Waals surface area contributed by atoms with Crippen LogP contribution in [0.4, 0.5) is 0 Å². The van der Waals surface area contributed by atoms with Crippen molar-refractivity contribution >= 4 is 17.5 Å². The molecule has 0 spiro atoms. The van der Waals surface area contributed by atoms with Gasteiger partial charge in [-0.3, -0.25) is 4.79 Å². The molecule has 1 amide bonds. The van der Waals surface area contributed by atoms with Crippen molar-refractivity contribution in [3.05, 3.63) is 59.0 Å². The lowest BCUT2D eigenvalue weighted by Gasteiger charge is -2.03. The van der Waals surface area contributed by atoms with E-state index in [-0.39, 0.29) is 11.9 Å². The minimum atomic E-state index is -0.158. The molecule has 1 fully saturated rings. The number of carbonyl (C=O) groups excluding carboxylic acids is 1. The maximum Gasteiger partial charge on any atom is 0.287 e. The number of hydrogen-bond acceptors (Lipinski definition) is 2. The summed E-state index contributed by atoms with van der Waals surface area (Å²) in [5, 5.41) is 3.68. The summed E-state index contributed by atoms with van der Waals surface area (Å²) in [7, 11) is 0. The predicted molar refractivity (Wildman–Crippen MR) is 68.8 cm³/mol. The van der Waals surface area contributed by atoms with Gasteiger partial charge in [0.2, 0.25) is 0 Å². The lowest BCUT2D eigenvalue weighted by Crippen LogP contribution is -2.26. The maximum absolute atomic E-state index is 11.8. The van der Waals surface area contributed by atoms with E-state index < -0.39 is 0 Å². The van der Waals surface area contributed by atoms with Gasteiger partial charge in [0.25, 0.3) is 5.91 Å². The molecule has 1 aliphatic rings. The van der Waals surface area contributed by atoms with E-state index in [9.17, 15) is 4.79 Å². The average molecular weight is 262 g/mol. The lowest BCUT2D eigenvalue weighted by molar-refractivity contribution is 0.0922. The zero-order valence-corrected chi connectivity index (χ0v) is 10.4. The standard InChI is InChI=1S/C14H12ClNO2/c15-10-4-1-3-9(7-10)11-8-12(11)16-14(17)13-5-2-6-18-13/h1-7,11-12H,8H2,(H,16,17). The Labute approximate surface area is 110 Å². The molecule has 2 aromatic rings. The topological polar surface area (TPSA) is 42.2 Å². The Bertz CT molecular complexity index is 565. The highest BCUT2D eigenvalue weighted by atomic mass is 35.5. The largest absolute Gasteiger partial charge is 0.459 e. The minimum absolute atomic E-state index is 0.158. The molecule has 1 saturated carbocycles. The third-order valence-corrected chi connectivity index (χ3v) is 3.36. The first-order chi connectivity index (χ1) is 8.74. The van der Waals surface area contributed by atoms with E-state index in [2.05, 4.69) is 5.32 Å². The SMILES string of the molecule is O=C(NC1CC1c1cccc(Cl)c1)c1ccco1. The molecule has 0 radical (unpaired) electrons. The van der Waals surface area contributed by atoms with Crippen LogP contribution in [0, 0.1) is 0 Å². The lowest BCUT2D eigenvalue weighted by atomic mass is 10.1. The molecule has 1 aromatic carbocycles. The number of carbonyl (C=O) groups is 1. The van der Waals surface area contributed by atoms with Gasteiger partial charge >= 0.3 is 0 Å². The highest BCUT2D eigenvalue weighted by Crippen LogP contribution is 2.41. The van der Waals surface area contributed by atoms with Crippen LogP contribution >= 0.6 is 11.6 Å². The number of hydrogen-bond donors (Lipinski definition) is 1. The highest BCUT2D eigenvalue weighted by molar-refractivity contribution is 6.30. The van der Waals surface area contributed by atoms with Gasteiger partial charge in [-0.25, -0.2) is 0 Å². The average Bonchev–Trinajstić information content (AvgIpc) is 2.91. The fourth-order valence-electron chi connectivity index (χ4n) is 2.11. The first-order valence-electron chi connectivity index (χ1n) is 5.84. The molecular formula is C14H12ClNO2. The maximum atomic E-state index is 11.8. The van der Waals surface area contributed by atoms with Gasteiger partial charge in [0.05, 0.1) is 6.26 Å². The zero-order valence-electron chi connectivity index (χ0n) is 9.60. The molecule has 1 N–H and O–H groups in total. The quantitative estimate of drug-likeness (QED) is 0.922. The van der Waals surface area contributed by atoms with Crippen molar-refractivity contribution in [2.24, 2.45) is 0 Å². The highest BCUT2D eigenvalue weighted by Gasteiger charge is 2.39. The van der Waals surface area contributed by atoms with Gasteiger partial charge in [0.15, 0.2) is 5.76 Å².